The molecular formula is C19H19N5O3S2. The van der Waals surface area contributed by atoms with E-state index in [0.717, 1.165) is 17.7 Å². The number of benzene rings is 1. The minimum absolute atomic E-state index is 0.0504. The maximum absolute atomic E-state index is 12.7. The average Bonchev–Trinajstić information content (AvgIpc) is 3.37. The fourth-order valence-electron chi connectivity index (χ4n) is 3.02. The van der Waals surface area contributed by atoms with E-state index < -0.39 is 0 Å². The number of carbonyl (C=O) groups excluding carboxylic acids is 1. The number of nitrogens with one attached hydrogen (secondary N) is 1. The summed E-state index contributed by atoms with van der Waals surface area (Å²) in [5.74, 6) is 1.25. The van der Waals surface area contributed by atoms with Crippen LogP contribution in [0.15, 0.2) is 45.7 Å². The first-order valence-corrected chi connectivity index (χ1v) is 10.9. The van der Waals surface area contributed by atoms with E-state index >= 15 is 0 Å². The summed E-state index contributed by atoms with van der Waals surface area (Å²) in [6, 6.07) is 9.03. The van der Waals surface area contributed by atoms with Gasteiger partial charge in [-0.1, -0.05) is 18.7 Å². The van der Waals surface area contributed by atoms with Crippen molar-refractivity contribution in [3.8, 4) is 5.75 Å². The fraction of sp³-hybridized carbons (Fsp3) is 0.263. The summed E-state index contributed by atoms with van der Waals surface area (Å²) in [5.41, 5.74) is 1.41. The molecule has 10 heteroatoms. The number of thiophene rings is 1. The smallest absolute Gasteiger partial charge is 0.272 e. The van der Waals surface area contributed by atoms with Crippen LogP contribution in [0.5, 0.6) is 5.75 Å². The number of fused-ring (bicyclic) bond motifs is 3. The maximum Gasteiger partial charge on any atom is 0.272 e. The van der Waals surface area contributed by atoms with E-state index in [1.54, 1.807) is 35.9 Å². The lowest BCUT2D eigenvalue weighted by Crippen LogP contribution is -2.22. The minimum atomic E-state index is -0.152. The second kappa shape index (κ2) is 8.26. The predicted molar refractivity (Wildman–Crippen MR) is 115 cm³/mol. The Morgan fingerprint density at radius 3 is 2.76 bits per heavy atom. The first kappa shape index (κ1) is 19.5. The van der Waals surface area contributed by atoms with E-state index in [1.165, 1.54) is 23.1 Å². The highest BCUT2D eigenvalue weighted by atomic mass is 32.2. The summed E-state index contributed by atoms with van der Waals surface area (Å²) in [4.78, 5) is 25.1. The van der Waals surface area contributed by atoms with Crippen molar-refractivity contribution in [3.05, 3.63) is 46.1 Å². The zero-order valence-electron chi connectivity index (χ0n) is 15.9. The molecule has 4 aromatic rings. The number of thioether (sulfide) groups is 1. The summed E-state index contributed by atoms with van der Waals surface area (Å²) in [6.45, 7) is 2.58. The maximum atomic E-state index is 12.7. The van der Waals surface area contributed by atoms with Gasteiger partial charge in [0.15, 0.2) is 5.16 Å². The van der Waals surface area contributed by atoms with Gasteiger partial charge in [0.05, 0.1) is 18.4 Å². The molecule has 1 amide bonds. The van der Waals surface area contributed by atoms with E-state index in [9.17, 15) is 9.59 Å². The van der Waals surface area contributed by atoms with E-state index in [0.29, 0.717) is 27.9 Å². The van der Waals surface area contributed by atoms with Crippen molar-refractivity contribution in [3.63, 3.8) is 0 Å². The van der Waals surface area contributed by atoms with Crippen molar-refractivity contribution in [2.75, 3.05) is 18.2 Å². The Balaban J connectivity index is 1.58. The Hall–Kier alpha value is -2.85. The third-order valence-corrected chi connectivity index (χ3v) is 6.16. The van der Waals surface area contributed by atoms with E-state index in [1.807, 2.05) is 22.8 Å². The van der Waals surface area contributed by atoms with Gasteiger partial charge in [0.1, 0.15) is 10.4 Å². The molecular weight excluding hydrogens is 410 g/mol. The van der Waals surface area contributed by atoms with Gasteiger partial charge in [-0.15, -0.1) is 21.5 Å². The van der Waals surface area contributed by atoms with Crippen molar-refractivity contribution < 1.29 is 9.53 Å². The molecule has 0 saturated heterocycles. The monoisotopic (exact) mass is 429 g/mol. The molecule has 0 radical (unpaired) electrons. The van der Waals surface area contributed by atoms with Crippen LogP contribution in [0.1, 0.15) is 13.3 Å². The summed E-state index contributed by atoms with van der Waals surface area (Å²) in [6.07, 6.45) is 0.812. The molecule has 0 saturated carbocycles. The van der Waals surface area contributed by atoms with Crippen LogP contribution in [0.4, 0.5) is 5.69 Å². The quantitative estimate of drug-likeness (QED) is 0.454. The lowest BCUT2D eigenvalue weighted by atomic mass is 10.3. The number of hydrogen-bond acceptors (Lipinski definition) is 7. The Kier molecular flexibility index (Phi) is 5.54. The number of hydrogen-bond donors (Lipinski definition) is 1. The Morgan fingerprint density at radius 1 is 1.24 bits per heavy atom. The standard InChI is InChI=1S/C19H19N5O3S2/c1-3-9-23-17(26)16-14(8-10-28-16)24-18(23)21-22-19(24)29-11-15(25)20-12-4-6-13(27-2)7-5-12/h4-8,10H,3,9,11H2,1-2H3,(H,20,25). The third kappa shape index (κ3) is 3.73. The van der Waals surface area contributed by atoms with Gasteiger partial charge >= 0.3 is 0 Å². The number of nitrogens with zero attached hydrogens (tertiary/aromatic N) is 4. The molecule has 0 aliphatic rings. The van der Waals surface area contributed by atoms with Crippen LogP contribution < -0.4 is 15.6 Å². The third-order valence-electron chi connectivity index (χ3n) is 4.34. The molecule has 150 valence electrons. The number of amides is 1. The second-order valence-electron chi connectivity index (χ2n) is 6.28. The molecule has 3 aromatic heterocycles. The predicted octanol–water partition coefficient (Wildman–Crippen LogP) is 3.26. The molecule has 0 bridgehead atoms. The lowest BCUT2D eigenvalue weighted by Gasteiger charge is -2.08. The van der Waals surface area contributed by atoms with Gasteiger partial charge in [0.25, 0.3) is 5.56 Å². The normalized spacial score (nSPS) is 11.2. The Morgan fingerprint density at radius 2 is 2.03 bits per heavy atom. The highest BCUT2D eigenvalue weighted by Gasteiger charge is 2.18. The highest BCUT2D eigenvalue weighted by Crippen LogP contribution is 2.24. The molecule has 0 aliphatic carbocycles. The van der Waals surface area contributed by atoms with Crippen LogP contribution in [0.25, 0.3) is 16.0 Å². The van der Waals surface area contributed by atoms with Gasteiger partial charge in [-0.2, -0.15) is 0 Å². The molecule has 0 spiro atoms. The van der Waals surface area contributed by atoms with E-state index in [4.69, 9.17) is 4.74 Å². The summed E-state index contributed by atoms with van der Waals surface area (Å²) >= 11 is 2.69. The van der Waals surface area contributed by atoms with Gasteiger partial charge in [0, 0.05) is 12.2 Å². The van der Waals surface area contributed by atoms with Gasteiger partial charge in [-0.25, -0.2) is 0 Å². The van der Waals surface area contributed by atoms with Crippen LogP contribution >= 0.6 is 23.1 Å². The van der Waals surface area contributed by atoms with Gasteiger partial charge in [0.2, 0.25) is 11.7 Å². The Labute approximate surface area is 174 Å². The molecule has 0 atom stereocenters. The summed E-state index contributed by atoms with van der Waals surface area (Å²) < 4.78 is 9.28. The van der Waals surface area contributed by atoms with Crippen LogP contribution in [0.3, 0.4) is 0 Å². The average molecular weight is 430 g/mol. The molecule has 8 nitrogen and oxygen atoms in total. The number of aromatic nitrogens is 4. The zero-order chi connectivity index (χ0) is 20.4. The second-order valence-corrected chi connectivity index (χ2v) is 8.13. The van der Waals surface area contributed by atoms with Crippen molar-refractivity contribution in [1.29, 1.82) is 0 Å². The first-order chi connectivity index (χ1) is 14.1. The largest absolute Gasteiger partial charge is 0.497 e. The topological polar surface area (TPSA) is 90.5 Å². The van der Waals surface area contributed by atoms with Gasteiger partial charge in [-0.05, 0) is 42.1 Å². The number of carbonyl (C=O) groups is 1. The number of aryl methyl sites for hydroxylation is 1. The number of rotatable bonds is 7. The lowest BCUT2D eigenvalue weighted by molar-refractivity contribution is -0.113. The van der Waals surface area contributed by atoms with Crippen LogP contribution in [-0.4, -0.2) is 37.9 Å². The minimum Gasteiger partial charge on any atom is -0.497 e. The highest BCUT2D eigenvalue weighted by molar-refractivity contribution is 7.99. The molecule has 0 unspecified atom stereocenters. The molecule has 29 heavy (non-hydrogen) atoms. The van der Waals surface area contributed by atoms with Gasteiger partial charge < -0.3 is 10.1 Å². The number of methoxy groups -OCH3 is 1. The molecule has 3 heterocycles. The first-order valence-electron chi connectivity index (χ1n) is 9.04. The van der Waals surface area contributed by atoms with Crippen molar-refractivity contribution >= 4 is 50.7 Å². The van der Waals surface area contributed by atoms with Crippen LogP contribution in [0.2, 0.25) is 0 Å². The van der Waals surface area contributed by atoms with Crippen LogP contribution in [-0.2, 0) is 11.3 Å². The Bertz CT molecular complexity index is 1230. The molecule has 0 fully saturated rings. The molecule has 4 rings (SSSR count). The zero-order valence-corrected chi connectivity index (χ0v) is 17.5. The number of ether oxygens (including phenoxy) is 1. The van der Waals surface area contributed by atoms with Crippen LogP contribution in [0, 0.1) is 0 Å². The number of anilines is 1. The van der Waals surface area contributed by atoms with Crippen molar-refractivity contribution in [2.24, 2.45) is 0 Å². The van der Waals surface area contributed by atoms with Crippen molar-refractivity contribution in [1.82, 2.24) is 19.2 Å². The van der Waals surface area contributed by atoms with E-state index in [2.05, 4.69) is 15.5 Å². The van der Waals surface area contributed by atoms with E-state index in [-0.39, 0.29) is 17.2 Å². The summed E-state index contributed by atoms with van der Waals surface area (Å²) in [7, 11) is 1.59. The molecule has 1 aromatic carbocycles. The molecule has 0 aliphatic heterocycles. The fourth-order valence-corrected chi connectivity index (χ4v) is 4.58. The SMILES string of the molecule is CCCn1c(=O)c2sccc2n2c(SCC(=O)Nc3ccc(OC)cc3)nnc12. The van der Waals surface area contributed by atoms with Crippen molar-refractivity contribution in [2.45, 2.75) is 25.0 Å². The van der Waals surface area contributed by atoms with Gasteiger partial charge in [-0.3, -0.25) is 18.6 Å². The molecule has 1 N–H and O–H groups in total. The summed E-state index contributed by atoms with van der Waals surface area (Å²) in [5, 5.41) is 13.8.